The lowest BCUT2D eigenvalue weighted by Crippen LogP contribution is -2.18. The summed E-state index contributed by atoms with van der Waals surface area (Å²) < 4.78 is 0.963. The quantitative estimate of drug-likeness (QED) is 0.862. The van der Waals surface area contributed by atoms with Gasteiger partial charge in [0.05, 0.1) is 25.0 Å². The van der Waals surface area contributed by atoms with Crippen LogP contribution in [-0.4, -0.2) is 27.3 Å². The van der Waals surface area contributed by atoms with Crippen LogP contribution in [0.2, 0.25) is 0 Å². The van der Waals surface area contributed by atoms with E-state index in [0.717, 1.165) is 10.2 Å². The van der Waals surface area contributed by atoms with Crippen LogP contribution in [0.15, 0.2) is 22.7 Å². The first-order valence-corrected chi connectivity index (χ1v) is 5.84. The minimum absolute atomic E-state index is 0.569. The number of halogens is 1. The van der Waals surface area contributed by atoms with E-state index in [1.807, 2.05) is 30.1 Å². The van der Waals surface area contributed by atoms with Crippen LogP contribution in [0, 0.1) is 0 Å². The molecule has 0 spiro atoms. The molecule has 0 atom stereocenters. The van der Waals surface area contributed by atoms with Crippen molar-refractivity contribution in [2.45, 2.75) is 6.54 Å². The third-order valence-corrected chi connectivity index (χ3v) is 2.82. The summed E-state index contributed by atoms with van der Waals surface area (Å²) in [6, 6.07) is 5.78. The lowest BCUT2D eigenvalue weighted by molar-refractivity contribution is 0.627. The molecule has 1 heterocycles. The molecule has 1 aromatic heterocycles. The van der Waals surface area contributed by atoms with Gasteiger partial charge in [0, 0.05) is 11.5 Å². The zero-order valence-electron chi connectivity index (χ0n) is 9.63. The van der Waals surface area contributed by atoms with Gasteiger partial charge in [-0.15, -0.1) is 10.2 Å². The lowest BCUT2D eigenvalue weighted by atomic mass is 10.2. The molecular formula is C10H13BrN6. The van der Waals surface area contributed by atoms with Crippen LogP contribution >= 0.6 is 15.9 Å². The second-order valence-corrected chi connectivity index (χ2v) is 4.67. The fourth-order valence-electron chi connectivity index (χ4n) is 1.56. The number of rotatable bonds is 3. The molecule has 90 valence electrons. The molecule has 6 nitrogen and oxygen atoms in total. The van der Waals surface area contributed by atoms with E-state index >= 15 is 0 Å². The van der Waals surface area contributed by atoms with Gasteiger partial charge < -0.3 is 10.6 Å². The molecule has 0 radical (unpaired) electrons. The van der Waals surface area contributed by atoms with Crippen LogP contribution in [0.5, 0.6) is 0 Å². The Kier molecular flexibility index (Phi) is 3.28. The van der Waals surface area contributed by atoms with Crippen molar-refractivity contribution in [1.29, 1.82) is 0 Å². The van der Waals surface area contributed by atoms with Crippen LogP contribution in [0.1, 0.15) is 5.82 Å². The Hall–Kier alpha value is -1.63. The number of aryl methyl sites for hydroxylation is 1. The number of nitrogen functional groups attached to an aromatic ring is 1. The number of aromatic nitrogens is 4. The van der Waals surface area contributed by atoms with Crippen LogP contribution in [-0.2, 0) is 13.6 Å². The van der Waals surface area contributed by atoms with E-state index in [-0.39, 0.29) is 0 Å². The van der Waals surface area contributed by atoms with Crippen LogP contribution < -0.4 is 10.6 Å². The second-order valence-electron chi connectivity index (χ2n) is 3.75. The monoisotopic (exact) mass is 296 g/mol. The number of benzene rings is 1. The summed E-state index contributed by atoms with van der Waals surface area (Å²) >= 11 is 3.38. The Labute approximate surface area is 108 Å². The van der Waals surface area contributed by atoms with Crippen molar-refractivity contribution in [3.05, 3.63) is 28.5 Å². The molecule has 7 heteroatoms. The highest BCUT2D eigenvalue weighted by Crippen LogP contribution is 2.26. The minimum Gasteiger partial charge on any atom is -0.397 e. The fourth-order valence-corrected chi connectivity index (χ4v) is 1.94. The van der Waals surface area contributed by atoms with Crippen LogP contribution in [0.4, 0.5) is 11.4 Å². The van der Waals surface area contributed by atoms with E-state index in [9.17, 15) is 0 Å². The normalized spacial score (nSPS) is 10.5. The number of nitrogens with zero attached hydrogens (tertiary/aromatic N) is 5. The second kappa shape index (κ2) is 4.70. The van der Waals surface area contributed by atoms with Gasteiger partial charge in [-0.05, 0) is 23.4 Å². The zero-order valence-corrected chi connectivity index (χ0v) is 11.2. The Morgan fingerprint density at radius 3 is 2.82 bits per heavy atom. The van der Waals surface area contributed by atoms with Crippen LogP contribution in [0.25, 0.3) is 0 Å². The smallest absolute Gasteiger partial charge is 0.193 e. The van der Waals surface area contributed by atoms with Gasteiger partial charge in [-0.2, -0.15) is 4.80 Å². The van der Waals surface area contributed by atoms with Crippen molar-refractivity contribution in [2.75, 3.05) is 17.7 Å². The molecule has 0 saturated carbocycles. The molecular weight excluding hydrogens is 284 g/mol. The van der Waals surface area contributed by atoms with Crippen molar-refractivity contribution in [2.24, 2.45) is 7.05 Å². The van der Waals surface area contributed by atoms with E-state index in [4.69, 9.17) is 5.73 Å². The lowest BCUT2D eigenvalue weighted by Gasteiger charge is -2.19. The van der Waals surface area contributed by atoms with Gasteiger partial charge in [0.15, 0.2) is 5.82 Å². The molecule has 0 aliphatic carbocycles. The van der Waals surface area contributed by atoms with Crippen molar-refractivity contribution in [3.63, 3.8) is 0 Å². The third-order valence-electron chi connectivity index (χ3n) is 2.33. The molecule has 0 unspecified atom stereocenters. The van der Waals surface area contributed by atoms with Gasteiger partial charge in [0.2, 0.25) is 0 Å². The van der Waals surface area contributed by atoms with Crippen molar-refractivity contribution < 1.29 is 0 Å². The SMILES string of the molecule is CN(Cc1nnn(C)n1)c1ccc(Br)cc1N. The number of hydrogen-bond acceptors (Lipinski definition) is 5. The number of nitrogens with two attached hydrogens (primary N) is 1. The summed E-state index contributed by atoms with van der Waals surface area (Å²) in [6.07, 6.45) is 0. The molecule has 1 aromatic carbocycles. The zero-order chi connectivity index (χ0) is 12.4. The Bertz CT molecular complexity index is 523. The van der Waals surface area contributed by atoms with E-state index < -0.39 is 0 Å². The first kappa shape index (κ1) is 11.8. The number of tetrazole rings is 1. The topological polar surface area (TPSA) is 72.9 Å². The molecule has 0 saturated heterocycles. The average Bonchev–Trinajstić information content (AvgIpc) is 2.63. The Morgan fingerprint density at radius 1 is 1.47 bits per heavy atom. The van der Waals surface area contributed by atoms with Crippen molar-refractivity contribution >= 4 is 27.3 Å². The minimum atomic E-state index is 0.569. The standard InChI is InChI=1S/C10H13BrN6/c1-16(6-10-13-15-17(2)14-10)9-4-3-7(11)5-8(9)12/h3-5H,6,12H2,1-2H3. The maximum atomic E-state index is 5.95. The van der Waals surface area contributed by atoms with Gasteiger partial charge in [-0.1, -0.05) is 15.9 Å². The van der Waals surface area contributed by atoms with Crippen molar-refractivity contribution in [1.82, 2.24) is 20.2 Å². The van der Waals surface area contributed by atoms with Gasteiger partial charge in [0.1, 0.15) is 0 Å². The maximum absolute atomic E-state index is 5.95. The molecule has 0 fully saturated rings. The molecule has 17 heavy (non-hydrogen) atoms. The summed E-state index contributed by atoms with van der Waals surface area (Å²) in [5, 5.41) is 11.9. The highest BCUT2D eigenvalue weighted by molar-refractivity contribution is 9.10. The maximum Gasteiger partial charge on any atom is 0.193 e. The Morgan fingerprint density at radius 2 is 2.24 bits per heavy atom. The van der Waals surface area contributed by atoms with Crippen molar-refractivity contribution in [3.8, 4) is 0 Å². The molecule has 0 aliphatic rings. The molecule has 2 rings (SSSR count). The first-order valence-electron chi connectivity index (χ1n) is 5.05. The number of hydrogen-bond donors (Lipinski definition) is 1. The largest absolute Gasteiger partial charge is 0.397 e. The molecule has 0 amide bonds. The van der Waals surface area contributed by atoms with Crippen LogP contribution in [0.3, 0.4) is 0 Å². The summed E-state index contributed by atoms with van der Waals surface area (Å²) in [5.74, 6) is 0.664. The van der Waals surface area contributed by atoms with E-state index in [1.54, 1.807) is 7.05 Å². The average molecular weight is 297 g/mol. The highest BCUT2D eigenvalue weighted by Gasteiger charge is 2.09. The molecule has 0 bridgehead atoms. The first-order chi connectivity index (χ1) is 8.06. The van der Waals surface area contributed by atoms with Gasteiger partial charge >= 0.3 is 0 Å². The molecule has 2 N–H and O–H groups in total. The van der Waals surface area contributed by atoms with Gasteiger partial charge in [-0.25, -0.2) is 0 Å². The summed E-state index contributed by atoms with van der Waals surface area (Å²) in [7, 11) is 3.68. The predicted octanol–water partition coefficient (Wildman–Crippen LogP) is 1.19. The third kappa shape index (κ3) is 2.73. The summed E-state index contributed by atoms with van der Waals surface area (Å²) in [4.78, 5) is 3.42. The predicted molar refractivity (Wildman–Crippen MR) is 69.5 cm³/mol. The number of anilines is 2. The Balaban J connectivity index is 2.17. The fraction of sp³-hybridized carbons (Fsp3) is 0.300. The van der Waals surface area contributed by atoms with E-state index in [0.29, 0.717) is 18.1 Å². The van der Waals surface area contributed by atoms with E-state index in [2.05, 4.69) is 31.3 Å². The van der Waals surface area contributed by atoms with Gasteiger partial charge in [-0.3, -0.25) is 0 Å². The van der Waals surface area contributed by atoms with Gasteiger partial charge in [0.25, 0.3) is 0 Å². The summed E-state index contributed by atoms with van der Waals surface area (Å²) in [5.41, 5.74) is 7.61. The molecule has 2 aromatic rings. The van der Waals surface area contributed by atoms with E-state index in [1.165, 1.54) is 4.80 Å². The highest BCUT2D eigenvalue weighted by atomic mass is 79.9. The molecule has 0 aliphatic heterocycles. The summed E-state index contributed by atoms with van der Waals surface area (Å²) in [6.45, 7) is 0.569.